The quantitative estimate of drug-likeness (QED) is 0.651. The Labute approximate surface area is 66.0 Å². The number of hydrogen-bond donors (Lipinski definition) is 0. The van der Waals surface area contributed by atoms with Crippen LogP contribution in [0.5, 0.6) is 0 Å². The Morgan fingerprint density at radius 1 is 1.73 bits per heavy atom. The van der Waals surface area contributed by atoms with E-state index in [0.29, 0.717) is 13.0 Å². The van der Waals surface area contributed by atoms with E-state index >= 15 is 0 Å². The summed E-state index contributed by atoms with van der Waals surface area (Å²) in [6.07, 6.45) is 2.40. The molecular weight excluding hydrogens is 140 g/mol. The number of Topliss-reactive ketones (excluding diaryl/α,β-unsaturated/α-hetero) is 1. The number of ketones is 1. The van der Waals surface area contributed by atoms with Crippen LogP contribution in [0.3, 0.4) is 0 Å². The zero-order valence-corrected chi connectivity index (χ0v) is 6.87. The molecule has 0 saturated heterocycles. The third-order valence-corrected chi connectivity index (χ3v) is 1.51. The van der Waals surface area contributed by atoms with Crippen LogP contribution >= 0.6 is 0 Å². The highest BCUT2D eigenvalue weighted by Crippen LogP contribution is 1.93. The first-order valence-corrected chi connectivity index (χ1v) is 3.74. The Morgan fingerprint density at radius 3 is 2.91 bits per heavy atom. The average molecular weight is 152 g/mol. The Morgan fingerprint density at radius 2 is 2.45 bits per heavy atom. The van der Waals surface area contributed by atoms with E-state index in [1.165, 1.54) is 0 Å². The third-order valence-electron chi connectivity index (χ3n) is 1.51. The maximum atomic E-state index is 10.9. The van der Waals surface area contributed by atoms with Gasteiger partial charge in [-0.1, -0.05) is 6.92 Å². The molecule has 0 amide bonds. The van der Waals surface area contributed by atoms with Crippen LogP contribution in [0.15, 0.2) is 12.3 Å². The molecule has 1 heterocycles. The zero-order valence-electron chi connectivity index (χ0n) is 6.87. The van der Waals surface area contributed by atoms with Gasteiger partial charge in [-0.05, 0) is 13.0 Å². The molecule has 0 aromatic carbocycles. The summed E-state index contributed by atoms with van der Waals surface area (Å²) in [6.45, 7) is 4.18. The molecule has 0 unspecified atom stereocenters. The summed E-state index contributed by atoms with van der Waals surface area (Å²) in [6, 6.07) is 1.89. The molecule has 1 rings (SSSR count). The van der Waals surface area contributed by atoms with Crippen LogP contribution in [0.4, 0.5) is 0 Å². The molecule has 0 atom stereocenters. The number of aryl methyl sites for hydroxylation is 1. The van der Waals surface area contributed by atoms with Gasteiger partial charge in [0, 0.05) is 12.6 Å². The molecule has 0 spiro atoms. The van der Waals surface area contributed by atoms with Crippen LogP contribution in [-0.2, 0) is 11.3 Å². The van der Waals surface area contributed by atoms with Gasteiger partial charge in [-0.15, -0.1) is 0 Å². The number of carbonyl (C=O) groups is 1. The molecule has 3 nitrogen and oxygen atoms in total. The van der Waals surface area contributed by atoms with Crippen LogP contribution in [0.25, 0.3) is 0 Å². The van der Waals surface area contributed by atoms with Crippen molar-refractivity contribution in [2.75, 3.05) is 0 Å². The predicted molar refractivity (Wildman–Crippen MR) is 42.3 cm³/mol. The molecule has 1 aromatic heterocycles. The van der Waals surface area contributed by atoms with Crippen molar-refractivity contribution in [2.24, 2.45) is 0 Å². The lowest BCUT2D eigenvalue weighted by molar-refractivity contribution is -0.119. The number of aromatic nitrogens is 2. The summed E-state index contributed by atoms with van der Waals surface area (Å²) in [4.78, 5) is 10.9. The first kappa shape index (κ1) is 7.98. The Balaban J connectivity index is 2.57. The maximum Gasteiger partial charge on any atom is 0.154 e. The summed E-state index contributed by atoms with van der Waals surface area (Å²) >= 11 is 0. The van der Waals surface area contributed by atoms with E-state index in [-0.39, 0.29) is 5.78 Å². The summed E-state index contributed by atoms with van der Waals surface area (Å²) in [5.41, 5.74) is 0.953. The van der Waals surface area contributed by atoms with Crippen molar-refractivity contribution in [3.63, 3.8) is 0 Å². The first-order valence-electron chi connectivity index (χ1n) is 3.74. The van der Waals surface area contributed by atoms with Gasteiger partial charge >= 0.3 is 0 Å². The van der Waals surface area contributed by atoms with Crippen molar-refractivity contribution >= 4 is 5.78 Å². The van der Waals surface area contributed by atoms with Crippen molar-refractivity contribution in [1.29, 1.82) is 0 Å². The van der Waals surface area contributed by atoms with Gasteiger partial charge in [-0.2, -0.15) is 5.10 Å². The monoisotopic (exact) mass is 152 g/mol. The average Bonchev–Trinajstić information content (AvgIpc) is 2.35. The fourth-order valence-corrected chi connectivity index (χ4v) is 0.844. The number of nitrogens with zero attached hydrogens (tertiary/aromatic N) is 2. The molecule has 0 aliphatic rings. The van der Waals surface area contributed by atoms with E-state index < -0.39 is 0 Å². The molecule has 60 valence electrons. The SMILES string of the molecule is CCC(=O)Cn1ccc(C)n1. The van der Waals surface area contributed by atoms with Gasteiger partial charge in [0.05, 0.1) is 12.2 Å². The minimum Gasteiger partial charge on any atom is -0.298 e. The van der Waals surface area contributed by atoms with Crippen molar-refractivity contribution in [1.82, 2.24) is 9.78 Å². The summed E-state index contributed by atoms with van der Waals surface area (Å²) < 4.78 is 1.67. The molecule has 0 radical (unpaired) electrons. The summed E-state index contributed by atoms with van der Waals surface area (Å²) in [5, 5.41) is 4.09. The molecule has 3 heteroatoms. The Bertz CT molecular complexity index is 252. The van der Waals surface area contributed by atoms with Gasteiger partial charge in [0.1, 0.15) is 0 Å². The normalized spacial score (nSPS) is 10.0. The highest BCUT2D eigenvalue weighted by atomic mass is 16.1. The van der Waals surface area contributed by atoms with Gasteiger partial charge in [0.15, 0.2) is 5.78 Å². The lowest BCUT2D eigenvalue weighted by atomic mass is 10.3. The topological polar surface area (TPSA) is 34.9 Å². The van der Waals surface area contributed by atoms with Gasteiger partial charge in [0.25, 0.3) is 0 Å². The van der Waals surface area contributed by atoms with Gasteiger partial charge in [-0.25, -0.2) is 0 Å². The second-order valence-electron chi connectivity index (χ2n) is 2.55. The number of hydrogen-bond acceptors (Lipinski definition) is 2. The molecule has 0 N–H and O–H groups in total. The van der Waals surface area contributed by atoms with Crippen molar-refractivity contribution in [3.8, 4) is 0 Å². The van der Waals surface area contributed by atoms with Crippen molar-refractivity contribution < 1.29 is 4.79 Å². The molecule has 0 aliphatic heterocycles. The smallest absolute Gasteiger partial charge is 0.154 e. The first-order chi connectivity index (χ1) is 5.22. The largest absolute Gasteiger partial charge is 0.298 e. The Hall–Kier alpha value is -1.12. The number of carbonyl (C=O) groups excluding carboxylic acids is 1. The fourth-order valence-electron chi connectivity index (χ4n) is 0.844. The van der Waals surface area contributed by atoms with Crippen LogP contribution in [0.2, 0.25) is 0 Å². The molecule has 1 aromatic rings. The van der Waals surface area contributed by atoms with Crippen LogP contribution in [0.1, 0.15) is 19.0 Å². The molecular formula is C8H12N2O. The Kier molecular flexibility index (Phi) is 2.41. The zero-order chi connectivity index (χ0) is 8.27. The fraction of sp³-hybridized carbons (Fsp3) is 0.500. The second-order valence-corrected chi connectivity index (χ2v) is 2.55. The van der Waals surface area contributed by atoms with Crippen LogP contribution < -0.4 is 0 Å². The third kappa shape index (κ3) is 2.18. The molecule has 0 bridgehead atoms. The predicted octanol–water partition coefficient (Wildman–Crippen LogP) is 1.17. The van der Waals surface area contributed by atoms with E-state index in [1.807, 2.05) is 26.1 Å². The molecule has 0 fully saturated rings. The van der Waals surface area contributed by atoms with E-state index in [1.54, 1.807) is 4.68 Å². The highest BCUT2D eigenvalue weighted by Gasteiger charge is 1.99. The summed E-state index contributed by atoms with van der Waals surface area (Å²) in [7, 11) is 0. The minimum absolute atomic E-state index is 0.216. The van der Waals surface area contributed by atoms with E-state index in [0.717, 1.165) is 5.69 Å². The lowest BCUT2D eigenvalue weighted by Gasteiger charge is -1.96. The van der Waals surface area contributed by atoms with Gasteiger partial charge in [-0.3, -0.25) is 9.48 Å². The highest BCUT2D eigenvalue weighted by molar-refractivity contribution is 5.77. The standard InChI is InChI=1S/C8H12N2O/c1-3-8(11)6-10-5-4-7(2)9-10/h4-5H,3,6H2,1-2H3. The molecule has 11 heavy (non-hydrogen) atoms. The summed E-state index contributed by atoms with van der Waals surface area (Å²) in [5.74, 6) is 0.216. The second kappa shape index (κ2) is 3.32. The lowest BCUT2D eigenvalue weighted by Crippen LogP contribution is -2.08. The minimum atomic E-state index is 0.216. The van der Waals surface area contributed by atoms with E-state index in [4.69, 9.17) is 0 Å². The van der Waals surface area contributed by atoms with E-state index in [2.05, 4.69) is 5.10 Å². The van der Waals surface area contributed by atoms with Gasteiger partial charge in [0.2, 0.25) is 0 Å². The van der Waals surface area contributed by atoms with Crippen LogP contribution in [-0.4, -0.2) is 15.6 Å². The molecule has 0 saturated carbocycles. The van der Waals surface area contributed by atoms with Crippen LogP contribution in [0, 0.1) is 6.92 Å². The number of rotatable bonds is 3. The maximum absolute atomic E-state index is 10.9. The molecule has 0 aliphatic carbocycles. The van der Waals surface area contributed by atoms with E-state index in [9.17, 15) is 4.79 Å². The van der Waals surface area contributed by atoms with Gasteiger partial charge < -0.3 is 0 Å². The van der Waals surface area contributed by atoms with Crippen molar-refractivity contribution in [3.05, 3.63) is 18.0 Å². The van der Waals surface area contributed by atoms with Crippen molar-refractivity contribution in [2.45, 2.75) is 26.8 Å².